The summed E-state index contributed by atoms with van der Waals surface area (Å²) in [4.78, 5) is 19.4. The zero-order chi connectivity index (χ0) is 22.4. The van der Waals surface area contributed by atoms with Crippen LogP contribution in [0.4, 0.5) is 0 Å². The number of ether oxygens (including phenoxy) is 2. The molecule has 0 aliphatic carbocycles. The molecule has 2 saturated heterocycles. The van der Waals surface area contributed by atoms with Gasteiger partial charge in [0.05, 0.1) is 12.2 Å². The van der Waals surface area contributed by atoms with Crippen LogP contribution in [0.15, 0.2) is 42.5 Å². The van der Waals surface area contributed by atoms with Crippen LogP contribution in [0.2, 0.25) is 0 Å². The molecule has 0 amide bonds. The second kappa shape index (κ2) is 8.21. The molecule has 0 bridgehead atoms. The van der Waals surface area contributed by atoms with E-state index in [0.29, 0.717) is 24.5 Å². The third-order valence-electron chi connectivity index (χ3n) is 7.91. The van der Waals surface area contributed by atoms with Gasteiger partial charge in [0, 0.05) is 54.0 Å². The van der Waals surface area contributed by atoms with Crippen LogP contribution in [0.25, 0.3) is 10.9 Å². The number of benzene rings is 2. The van der Waals surface area contributed by atoms with Crippen LogP contribution in [0.3, 0.4) is 0 Å². The summed E-state index contributed by atoms with van der Waals surface area (Å²) in [5, 5.41) is 1.000. The third kappa shape index (κ3) is 3.36. The Morgan fingerprint density at radius 2 is 2.00 bits per heavy atom. The molecule has 6 rings (SSSR count). The van der Waals surface area contributed by atoms with Gasteiger partial charge in [-0.25, -0.2) is 4.79 Å². The first-order chi connectivity index (χ1) is 16.2. The van der Waals surface area contributed by atoms with Gasteiger partial charge in [-0.1, -0.05) is 30.3 Å². The van der Waals surface area contributed by atoms with Crippen LogP contribution in [-0.2, 0) is 17.6 Å². The molecule has 3 aliphatic heterocycles. The van der Waals surface area contributed by atoms with Crippen molar-refractivity contribution < 1.29 is 14.3 Å². The SMILES string of the molecule is CCOC(=O)c1c(Cc2ccccc2)[nH]c2ccc3c(c12)CC1CCCN2CCCCC12O3. The number of fused-ring (bicyclic) bond motifs is 3. The highest BCUT2D eigenvalue weighted by atomic mass is 16.5. The summed E-state index contributed by atoms with van der Waals surface area (Å²) in [6.07, 6.45) is 7.62. The molecule has 1 aromatic heterocycles. The topological polar surface area (TPSA) is 54.6 Å². The Hall–Kier alpha value is -2.79. The molecule has 2 fully saturated rings. The van der Waals surface area contributed by atoms with Crippen molar-refractivity contribution in [3.63, 3.8) is 0 Å². The van der Waals surface area contributed by atoms with Gasteiger partial charge >= 0.3 is 5.97 Å². The summed E-state index contributed by atoms with van der Waals surface area (Å²) < 4.78 is 12.5. The number of rotatable bonds is 4. The Balaban J connectivity index is 1.49. The fourth-order valence-corrected chi connectivity index (χ4v) is 6.50. The van der Waals surface area contributed by atoms with E-state index in [1.54, 1.807) is 0 Å². The summed E-state index contributed by atoms with van der Waals surface area (Å²) >= 11 is 0. The second-order valence-corrected chi connectivity index (χ2v) is 9.76. The van der Waals surface area contributed by atoms with Crippen molar-refractivity contribution >= 4 is 16.9 Å². The maximum atomic E-state index is 13.2. The lowest BCUT2D eigenvalue weighted by atomic mass is 9.74. The van der Waals surface area contributed by atoms with E-state index in [9.17, 15) is 4.79 Å². The number of piperidine rings is 2. The van der Waals surface area contributed by atoms with E-state index in [4.69, 9.17) is 9.47 Å². The number of hydrogen-bond donors (Lipinski definition) is 1. The molecule has 0 saturated carbocycles. The highest BCUT2D eigenvalue weighted by molar-refractivity contribution is 6.07. The Bertz CT molecular complexity index is 1180. The molecule has 2 unspecified atom stereocenters. The Morgan fingerprint density at radius 3 is 2.85 bits per heavy atom. The minimum atomic E-state index is -0.244. The fraction of sp³-hybridized carbons (Fsp3) is 0.464. The number of carbonyl (C=O) groups excluding carboxylic acids is 1. The Morgan fingerprint density at radius 1 is 1.15 bits per heavy atom. The fourth-order valence-electron chi connectivity index (χ4n) is 6.50. The van der Waals surface area contributed by atoms with Gasteiger partial charge in [-0.15, -0.1) is 0 Å². The van der Waals surface area contributed by atoms with E-state index in [1.165, 1.54) is 36.8 Å². The van der Waals surface area contributed by atoms with E-state index in [2.05, 4.69) is 34.1 Å². The van der Waals surface area contributed by atoms with E-state index >= 15 is 0 Å². The van der Waals surface area contributed by atoms with Gasteiger partial charge in [0.2, 0.25) is 0 Å². The van der Waals surface area contributed by atoms with Gasteiger partial charge in [-0.2, -0.15) is 0 Å². The largest absolute Gasteiger partial charge is 0.472 e. The third-order valence-corrected chi connectivity index (χ3v) is 7.91. The average Bonchev–Trinajstić information content (AvgIpc) is 3.20. The first-order valence-electron chi connectivity index (χ1n) is 12.5. The minimum Gasteiger partial charge on any atom is -0.472 e. The molecule has 2 atom stereocenters. The highest BCUT2D eigenvalue weighted by Gasteiger charge is 2.52. The number of aromatic amines is 1. The molecule has 33 heavy (non-hydrogen) atoms. The molecule has 172 valence electrons. The number of esters is 1. The lowest BCUT2D eigenvalue weighted by Crippen LogP contribution is -2.64. The van der Waals surface area contributed by atoms with Crippen molar-refractivity contribution in [2.45, 2.75) is 57.6 Å². The predicted octanol–water partition coefficient (Wildman–Crippen LogP) is 5.46. The van der Waals surface area contributed by atoms with Gasteiger partial charge < -0.3 is 14.5 Å². The van der Waals surface area contributed by atoms with Crippen molar-refractivity contribution in [1.82, 2.24) is 9.88 Å². The van der Waals surface area contributed by atoms with Crippen LogP contribution in [-0.4, -0.2) is 41.3 Å². The van der Waals surface area contributed by atoms with Gasteiger partial charge in [0.15, 0.2) is 5.72 Å². The zero-order valence-corrected chi connectivity index (χ0v) is 19.4. The van der Waals surface area contributed by atoms with E-state index in [-0.39, 0.29) is 11.7 Å². The number of nitrogens with zero attached hydrogens (tertiary/aromatic N) is 1. The normalized spacial score (nSPS) is 24.5. The molecule has 2 aromatic carbocycles. The van der Waals surface area contributed by atoms with E-state index < -0.39 is 0 Å². The van der Waals surface area contributed by atoms with Gasteiger partial charge in [0.25, 0.3) is 0 Å². The maximum Gasteiger partial charge on any atom is 0.340 e. The predicted molar refractivity (Wildman–Crippen MR) is 129 cm³/mol. The molecule has 1 N–H and O–H groups in total. The quantitative estimate of drug-likeness (QED) is 0.543. The van der Waals surface area contributed by atoms with Crippen LogP contribution in [0, 0.1) is 5.92 Å². The standard InChI is InChI=1S/C28H32N2O3/c1-2-32-27(31)26-23(17-19-9-4-3-5-10-19)29-22-12-13-24-21(25(22)26)18-20-11-8-16-30-15-7-6-14-28(20,30)33-24/h3-5,9-10,12-13,20,29H,2,6-8,11,14-18H2,1H3. The van der Waals surface area contributed by atoms with E-state index in [1.807, 2.05) is 25.1 Å². The molecule has 5 nitrogen and oxygen atoms in total. The van der Waals surface area contributed by atoms with Crippen molar-refractivity contribution in [2.24, 2.45) is 5.92 Å². The molecule has 3 aromatic rings. The Labute approximate surface area is 195 Å². The van der Waals surface area contributed by atoms with Gasteiger partial charge in [-0.05, 0) is 56.7 Å². The number of aromatic nitrogens is 1. The van der Waals surface area contributed by atoms with Crippen molar-refractivity contribution in [3.05, 3.63) is 64.8 Å². The molecule has 5 heteroatoms. The summed E-state index contributed by atoms with van der Waals surface area (Å²) in [6, 6.07) is 14.5. The van der Waals surface area contributed by atoms with Crippen LogP contribution in [0.1, 0.15) is 66.2 Å². The average molecular weight is 445 g/mol. The van der Waals surface area contributed by atoms with E-state index in [0.717, 1.165) is 48.3 Å². The van der Waals surface area contributed by atoms with Crippen molar-refractivity contribution in [3.8, 4) is 5.75 Å². The van der Waals surface area contributed by atoms with Crippen LogP contribution < -0.4 is 4.74 Å². The Kier molecular flexibility index (Phi) is 5.17. The molecular formula is C28H32N2O3. The molecule has 4 heterocycles. The van der Waals surface area contributed by atoms with Crippen molar-refractivity contribution in [1.29, 1.82) is 0 Å². The number of H-pyrrole nitrogens is 1. The van der Waals surface area contributed by atoms with Crippen molar-refractivity contribution in [2.75, 3.05) is 19.7 Å². The van der Waals surface area contributed by atoms with Gasteiger partial charge in [0.1, 0.15) is 5.75 Å². The summed E-state index contributed by atoms with van der Waals surface area (Å²) in [7, 11) is 0. The molecule has 1 spiro atoms. The van der Waals surface area contributed by atoms with Crippen LogP contribution in [0.5, 0.6) is 5.75 Å². The highest BCUT2D eigenvalue weighted by Crippen LogP contribution is 2.50. The number of nitrogens with one attached hydrogen (secondary N) is 1. The van der Waals surface area contributed by atoms with Gasteiger partial charge in [-0.3, -0.25) is 4.90 Å². The monoisotopic (exact) mass is 444 g/mol. The number of hydrogen-bond acceptors (Lipinski definition) is 4. The second-order valence-electron chi connectivity index (χ2n) is 9.76. The minimum absolute atomic E-state index is 0.162. The maximum absolute atomic E-state index is 13.2. The summed E-state index contributed by atoms with van der Waals surface area (Å²) in [5.41, 5.74) is 4.79. The van der Waals surface area contributed by atoms with Crippen LogP contribution >= 0.6 is 0 Å². The first-order valence-corrected chi connectivity index (χ1v) is 12.5. The summed E-state index contributed by atoms with van der Waals surface area (Å²) in [5.74, 6) is 1.17. The molecular weight excluding hydrogens is 412 g/mol. The number of carbonyl (C=O) groups is 1. The lowest BCUT2D eigenvalue weighted by molar-refractivity contribution is -0.177. The summed E-state index contributed by atoms with van der Waals surface area (Å²) in [6.45, 7) is 4.50. The smallest absolute Gasteiger partial charge is 0.340 e. The molecule has 0 radical (unpaired) electrons. The zero-order valence-electron chi connectivity index (χ0n) is 19.4. The lowest BCUT2D eigenvalue weighted by Gasteiger charge is -2.56. The first kappa shape index (κ1) is 20.8. The molecule has 3 aliphatic rings.